The number of pyridine rings is 1. The molecule has 0 aliphatic carbocycles. The Balaban J connectivity index is 2.27. The van der Waals surface area contributed by atoms with Crippen molar-refractivity contribution in [1.29, 1.82) is 0 Å². The molecule has 0 amide bonds. The smallest absolute Gasteiger partial charge is 0.0541 e. The molecule has 14 heavy (non-hydrogen) atoms. The lowest BCUT2D eigenvalue weighted by atomic mass is 10.3. The molecular weight excluding hydrogens is 174 g/mol. The maximum atomic E-state index is 4.25. The average Bonchev–Trinajstić information content (AvgIpc) is 2.15. The summed E-state index contributed by atoms with van der Waals surface area (Å²) in [6, 6.07) is 6.48. The van der Waals surface area contributed by atoms with Gasteiger partial charge in [-0.25, -0.2) is 0 Å². The number of aromatic nitrogens is 1. The molecular formula is C11H19N3. The molecule has 78 valence electrons. The Labute approximate surface area is 86.2 Å². The van der Waals surface area contributed by atoms with Crippen molar-refractivity contribution in [1.82, 2.24) is 15.2 Å². The summed E-state index contributed by atoms with van der Waals surface area (Å²) < 4.78 is 0. The van der Waals surface area contributed by atoms with Crippen LogP contribution in [0.1, 0.15) is 12.6 Å². The minimum absolute atomic E-state index is 0.493. The molecule has 3 heteroatoms. The van der Waals surface area contributed by atoms with Crippen LogP contribution < -0.4 is 5.32 Å². The molecule has 3 nitrogen and oxygen atoms in total. The van der Waals surface area contributed by atoms with E-state index < -0.39 is 0 Å². The molecule has 0 saturated carbocycles. The number of nitrogens with zero attached hydrogens (tertiary/aromatic N) is 2. The largest absolute Gasteiger partial charge is 0.308 e. The van der Waals surface area contributed by atoms with Gasteiger partial charge in [-0.05, 0) is 33.2 Å². The summed E-state index contributed by atoms with van der Waals surface area (Å²) in [4.78, 5) is 6.43. The molecule has 0 fully saturated rings. The van der Waals surface area contributed by atoms with Crippen LogP contribution in [0.25, 0.3) is 0 Å². The van der Waals surface area contributed by atoms with Gasteiger partial charge in [0.1, 0.15) is 0 Å². The van der Waals surface area contributed by atoms with E-state index in [0.717, 1.165) is 18.8 Å². The van der Waals surface area contributed by atoms with Gasteiger partial charge in [0.2, 0.25) is 0 Å². The van der Waals surface area contributed by atoms with Crippen molar-refractivity contribution in [3.8, 4) is 0 Å². The number of rotatable bonds is 5. The fourth-order valence-corrected chi connectivity index (χ4v) is 1.39. The summed E-state index contributed by atoms with van der Waals surface area (Å²) in [6.45, 7) is 4.08. The van der Waals surface area contributed by atoms with Crippen LogP contribution >= 0.6 is 0 Å². The Morgan fingerprint density at radius 2 is 2.21 bits per heavy atom. The molecule has 1 atom stereocenters. The molecule has 0 aromatic carbocycles. The normalized spacial score (nSPS) is 13.1. The zero-order valence-corrected chi connectivity index (χ0v) is 9.20. The van der Waals surface area contributed by atoms with Crippen LogP contribution in [0, 0.1) is 0 Å². The molecule has 0 aliphatic rings. The van der Waals surface area contributed by atoms with Crippen molar-refractivity contribution in [2.24, 2.45) is 0 Å². The molecule has 1 aromatic heterocycles. The standard InChI is InChI=1S/C11H19N3/c1-10(9-14(2)3)13-8-11-6-4-5-7-12-11/h4-7,10,13H,8-9H2,1-3H3. The van der Waals surface area contributed by atoms with E-state index in [0.29, 0.717) is 6.04 Å². The molecule has 1 N–H and O–H groups in total. The summed E-state index contributed by atoms with van der Waals surface area (Å²) in [7, 11) is 4.16. The second-order valence-electron chi connectivity index (χ2n) is 3.87. The Kier molecular flexibility index (Phi) is 4.56. The Morgan fingerprint density at radius 1 is 1.43 bits per heavy atom. The summed E-state index contributed by atoms with van der Waals surface area (Å²) >= 11 is 0. The minimum atomic E-state index is 0.493. The van der Waals surface area contributed by atoms with Gasteiger partial charge >= 0.3 is 0 Å². The number of hydrogen-bond acceptors (Lipinski definition) is 3. The van der Waals surface area contributed by atoms with Gasteiger partial charge in [0, 0.05) is 25.3 Å². The summed E-state index contributed by atoms with van der Waals surface area (Å²) in [5.74, 6) is 0. The lowest BCUT2D eigenvalue weighted by Crippen LogP contribution is -2.35. The highest BCUT2D eigenvalue weighted by Crippen LogP contribution is 1.94. The minimum Gasteiger partial charge on any atom is -0.308 e. The first-order valence-corrected chi connectivity index (χ1v) is 4.96. The maximum Gasteiger partial charge on any atom is 0.0541 e. The van der Waals surface area contributed by atoms with Crippen molar-refractivity contribution < 1.29 is 0 Å². The van der Waals surface area contributed by atoms with E-state index in [4.69, 9.17) is 0 Å². The van der Waals surface area contributed by atoms with E-state index in [-0.39, 0.29) is 0 Å². The quantitative estimate of drug-likeness (QED) is 0.759. The van der Waals surface area contributed by atoms with Crippen molar-refractivity contribution >= 4 is 0 Å². The second kappa shape index (κ2) is 5.73. The third kappa shape index (κ3) is 4.35. The van der Waals surface area contributed by atoms with Crippen molar-refractivity contribution in [3.63, 3.8) is 0 Å². The van der Waals surface area contributed by atoms with Gasteiger partial charge in [0.25, 0.3) is 0 Å². The van der Waals surface area contributed by atoms with Gasteiger partial charge < -0.3 is 10.2 Å². The highest BCUT2D eigenvalue weighted by Gasteiger charge is 2.02. The van der Waals surface area contributed by atoms with E-state index in [1.165, 1.54) is 0 Å². The lowest BCUT2D eigenvalue weighted by Gasteiger charge is -2.17. The maximum absolute atomic E-state index is 4.25. The number of hydrogen-bond donors (Lipinski definition) is 1. The molecule has 0 saturated heterocycles. The van der Waals surface area contributed by atoms with Crippen LogP contribution in [-0.2, 0) is 6.54 Å². The number of likely N-dealkylation sites (N-methyl/N-ethyl adjacent to an activating group) is 1. The predicted octanol–water partition coefficient (Wildman–Crippen LogP) is 1.12. The van der Waals surface area contributed by atoms with E-state index in [9.17, 15) is 0 Å². The van der Waals surface area contributed by atoms with Gasteiger partial charge in [-0.1, -0.05) is 6.07 Å². The molecule has 0 spiro atoms. The molecule has 0 radical (unpaired) electrons. The lowest BCUT2D eigenvalue weighted by molar-refractivity contribution is 0.348. The van der Waals surface area contributed by atoms with Crippen LogP contribution in [0.2, 0.25) is 0 Å². The SMILES string of the molecule is CC(CN(C)C)NCc1ccccn1. The van der Waals surface area contributed by atoms with E-state index >= 15 is 0 Å². The average molecular weight is 193 g/mol. The highest BCUT2D eigenvalue weighted by atomic mass is 15.1. The zero-order chi connectivity index (χ0) is 10.4. The van der Waals surface area contributed by atoms with Gasteiger partial charge in [0.05, 0.1) is 5.69 Å². The van der Waals surface area contributed by atoms with E-state index in [1.54, 1.807) is 0 Å². The fourth-order valence-electron chi connectivity index (χ4n) is 1.39. The van der Waals surface area contributed by atoms with Gasteiger partial charge in [-0.3, -0.25) is 4.98 Å². The monoisotopic (exact) mass is 193 g/mol. The molecule has 0 bridgehead atoms. The van der Waals surface area contributed by atoms with Gasteiger partial charge in [0.15, 0.2) is 0 Å². The first kappa shape index (κ1) is 11.1. The summed E-state index contributed by atoms with van der Waals surface area (Å²) in [5.41, 5.74) is 1.10. The third-order valence-electron chi connectivity index (χ3n) is 2.00. The fraction of sp³-hybridized carbons (Fsp3) is 0.545. The van der Waals surface area contributed by atoms with Crippen LogP contribution in [0.3, 0.4) is 0 Å². The van der Waals surface area contributed by atoms with Crippen molar-refractivity contribution in [3.05, 3.63) is 30.1 Å². The molecule has 1 unspecified atom stereocenters. The van der Waals surface area contributed by atoms with Crippen molar-refractivity contribution in [2.75, 3.05) is 20.6 Å². The second-order valence-corrected chi connectivity index (χ2v) is 3.87. The summed E-state index contributed by atoms with van der Waals surface area (Å²) in [6.07, 6.45) is 1.83. The number of nitrogens with one attached hydrogen (secondary N) is 1. The van der Waals surface area contributed by atoms with Crippen LogP contribution in [0.15, 0.2) is 24.4 Å². The first-order valence-electron chi connectivity index (χ1n) is 4.96. The zero-order valence-electron chi connectivity index (χ0n) is 9.20. The van der Waals surface area contributed by atoms with Gasteiger partial charge in [-0.15, -0.1) is 0 Å². The Morgan fingerprint density at radius 3 is 2.79 bits per heavy atom. The van der Waals surface area contributed by atoms with E-state index in [2.05, 4.69) is 36.2 Å². The topological polar surface area (TPSA) is 28.2 Å². The Hall–Kier alpha value is -0.930. The highest BCUT2D eigenvalue weighted by molar-refractivity contribution is 5.03. The predicted molar refractivity (Wildman–Crippen MR) is 59.1 cm³/mol. The van der Waals surface area contributed by atoms with Gasteiger partial charge in [-0.2, -0.15) is 0 Å². The molecule has 1 aromatic rings. The van der Waals surface area contributed by atoms with E-state index in [1.807, 2.05) is 24.4 Å². The molecule has 1 rings (SSSR count). The van der Waals surface area contributed by atoms with Crippen LogP contribution in [0.4, 0.5) is 0 Å². The van der Waals surface area contributed by atoms with Crippen LogP contribution in [0.5, 0.6) is 0 Å². The molecule has 0 aliphatic heterocycles. The molecule has 1 heterocycles. The summed E-state index contributed by atoms with van der Waals surface area (Å²) in [5, 5.41) is 3.43. The van der Waals surface area contributed by atoms with Crippen molar-refractivity contribution in [2.45, 2.75) is 19.5 Å². The Bertz CT molecular complexity index is 246. The van der Waals surface area contributed by atoms with Crippen LogP contribution in [-0.4, -0.2) is 36.6 Å². The third-order valence-corrected chi connectivity index (χ3v) is 2.00. The first-order chi connectivity index (χ1) is 6.68.